The van der Waals surface area contributed by atoms with Gasteiger partial charge in [-0.1, -0.05) is 19.1 Å². The first-order chi connectivity index (χ1) is 11.7. The van der Waals surface area contributed by atoms with E-state index in [1.807, 2.05) is 18.2 Å². The molecule has 0 unspecified atom stereocenters. The van der Waals surface area contributed by atoms with Crippen LogP contribution in [0.3, 0.4) is 0 Å². The van der Waals surface area contributed by atoms with Gasteiger partial charge in [-0.2, -0.15) is 5.26 Å². The van der Waals surface area contributed by atoms with Crippen LogP contribution in [0.1, 0.15) is 35.2 Å². The molecule has 0 atom stereocenters. The SMILES string of the molecule is CCc1cc2c(=O)n3c(nc2s1)C(=Cc1ccc(C#N)cc1)CC3. The van der Waals surface area contributed by atoms with Gasteiger partial charge < -0.3 is 0 Å². The van der Waals surface area contributed by atoms with E-state index in [2.05, 4.69) is 19.1 Å². The highest BCUT2D eigenvalue weighted by molar-refractivity contribution is 7.18. The quantitative estimate of drug-likeness (QED) is 0.716. The summed E-state index contributed by atoms with van der Waals surface area (Å²) in [6, 6.07) is 11.5. The van der Waals surface area contributed by atoms with E-state index in [-0.39, 0.29) is 5.56 Å². The fourth-order valence-corrected chi connectivity index (χ4v) is 3.99. The first-order valence-electron chi connectivity index (χ1n) is 7.94. The van der Waals surface area contributed by atoms with Crippen LogP contribution in [-0.2, 0) is 13.0 Å². The Balaban J connectivity index is 1.83. The third kappa shape index (κ3) is 2.36. The third-order valence-electron chi connectivity index (χ3n) is 4.32. The van der Waals surface area contributed by atoms with Crippen LogP contribution < -0.4 is 5.56 Å². The molecule has 0 radical (unpaired) electrons. The molecule has 5 heteroatoms. The van der Waals surface area contributed by atoms with Gasteiger partial charge in [0.15, 0.2) is 0 Å². The van der Waals surface area contributed by atoms with Gasteiger partial charge >= 0.3 is 0 Å². The minimum Gasteiger partial charge on any atom is -0.292 e. The normalized spacial score (nSPS) is 14.9. The zero-order valence-corrected chi connectivity index (χ0v) is 14.1. The number of fused-ring (bicyclic) bond motifs is 2. The fraction of sp³-hybridized carbons (Fsp3) is 0.211. The van der Waals surface area contributed by atoms with E-state index in [4.69, 9.17) is 10.2 Å². The lowest BCUT2D eigenvalue weighted by atomic mass is 10.1. The molecule has 0 saturated heterocycles. The minimum absolute atomic E-state index is 0.0641. The lowest BCUT2D eigenvalue weighted by molar-refractivity contribution is 0.726. The topological polar surface area (TPSA) is 58.7 Å². The number of nitriles is 1. The van der Waals surface area contributed by atoms with Crippen molar-refractivity contribution >= 4 is 33.2 Å². The van der Waals surface area contributed by atoms with Crippen LogP contribution in [-0.4, -0.2) is 9.55 Å². The van der Waals surface area contributed by atoms with E-state index < -0.39 is 0 Å². The number of thiophene rings is 1. The molecule has 1 aliphatic rings. The molecular weight excluding hydrogens is 318 g/mol. The van der Waals surface area contributed by atoms with Crippen LogP contribution >= 0.6 is 11.3 Å². The molecular formula is C19H15N3OS. The molecule has 0 bridgehead atoms. The smallest absolute Gasteiger partial charge is 0.262 e. The number of hydrogen-bond donors (Lipinski definition) is 0. The highest BCUT2D eigenvalue weighted by Gasteiger charge is 2.21. The zero-order valence-electron chi connectivity index (χ0n) is 13.2. The number of nitrogens with zero attached hydrogens (tertiary/aromatic N) is 3. The van der Waals surface area contributed by atoms with Gasteiger partial charge in [0.1, 0.15) is 10.7 Å². The standard InChI is InChI=1S/C19H15N3OS/c1-2-15-10-16-18(24-15)21-17-14(7-8-22(17)19(16)23)9-12-3-5-13(11-20)6-4-12/h3-6,9-10H,2,7-8H2,1H3. The highest BCUT2D eigenvalue weighted by Crippen LogP contribution is 2.30. The molecule has 4 nitrogen and oxygen atoms in total. The van der Waals surface area contributed by atoms with Crippen LogP contribution in [0.2, 0.25) is 0 Å². The second-order valence-corrected chi connectivity index (χ2v) is 6.95. The average Bonchev–Trinajstić information content (AvgIpc) is 3.21. The Hall–Kier alpha value is -2.71. The lowest BCUT2D eigenvalue weighted by Gasteiger charge is -2.03. The van der Waals surface area contributed by atoms with Crippen LogP contribution in [0.25, 0.3) is 21.9 Å². The number of allylic oxidation sites excluding steroid dienone is 1. The van der Waals surface area contributed by atoms with Gasteiger partial charge in [0.05, 0.1) is 17.0 Å². The summed E-state index contributed by atoms with van der Waals surface area (Å²) < 4.78 is 1.78. The minimum atomic E-state index is 0.0641. The van der Waals surface area contributed by atoms with Crippen LogP contribution in [0.5, 0.6) is 0 Å². The molecule has 1 aromatic carbocycles. The summed E-state index contributed by atoms with van der Waals surface area (Å²) in [5.74, 6) is 0.779. The van der Waals surface area contributed by atoms with E-state index in [1.165, 1.54) is 4.88 Å². The van der Waals surface area contributed by atoms with E-state index in [0.29, 0.717) is 12.1 Å². The van der Waals surface area contributed by atoms with Crippen molar-refractivity contribution < 1.29 is 0 Å². The van der Waals surface area contributed by atoms with Gasteiger partial charge in [-0.05, 0) is 48.3 Å². The van der Waals surface area contributed by atoms with Gasteiger partial charge in [-0.3, -0.25) is 9.36 Å². The highest BCUT2D eigenvalue weighted by atomic mass is 32.1. The first-order valence-corrected chi connectivity index (χ1v) is 8.75. The van der Waals surface area contributed by atoms with E-state index >= 15 is 0 Å². The van der Waals surface area contributed by atoms with Crippen molar-refractivity contribution in [1.29, 1.82) is 5.26 Å². The van der Waals surface area contributed by atoms with Crippen LogP contribution in [0.4, 0.5) is 0 Å². The molecule has 118 valence electrons. The summed E-state index contributed by atoms with van der Waals surface area (Å²) in [6.07, 6.45) is 3.79. The van der Waals surface area contributed by atoms with Crippen molar-refractivity contribution in [3.8, 4) is 6.07 Å². The predicted octanol–water partition coefficient (Wildman–Crippen LogP) is 3.84. The van der Waals surface area contributed by atoms with Gasteiger partial charge in [-0.25, -0.2) is 4.98 Å². The van der Waals surface area contributed by atoms with Gasteiger partial charge in [0.25, 0.3) is 5.56 Å². The first kappa shape index (κ1) is 14.9. The van der Waals surface area contributed by atoms with E-state index in [9.17, 15) is 4.79 Å². The summed E-state index contributed by atoms with van der Waals surface area (Å²) in [5.41, 5.74) is 2.80. The molecule has 3 heterocycles. The number of rotatable bonds is 2. The fourth-order valence-electron chi connectivity index (χ4n) is 3.03. The summed E-state index contributed by atoms with van der Waals surface area (Å²) in [4.78, 5) is 19.5. The Morgan fingerprint density at radius 2 is 2.17 bits per heavy atom. The molecule has 0 saturated carbocycles. The monoisotopic (exact) mass is 333 g/mol. The van der Waals surface area contributed by atoms with E-state index in [0.717, 1.165) is 40.0 Å². The van der Waals surface area contributed by atoms with Gasteiger partial charge in [0.2, 0.25) is 0 Å². The van der Waals surface area contributed by atoms with Gasteiger partial charge in [-0.15, -0.1) is 11.3 Å². The Labute approximate surface area is 143 Å². The number of aromatic nitrogens is 2. The summed E-state index contributed by atoms with van der Waals surface area (Å²) in [6.45, 7) is 2.77. The Morgan fingerprint density at radius 1 is 1.38 bits per heavy atom. The summed E-state index contributed by atoms with van der Waals surface area (Å²) in [7, 11) is 0. The van der Waals surface area contributed by atoms with Crippen molar-refractivity contribution in [2.75, 3.05) is 0 Å². The number of aryl methyl sites for hydroxylation is 1. The van der Waals surface area contributed by atoms with Gasteiger partial charge in [0, 0.05) is 11.4 Å². The number of hydrogen-bond acceptors (Lipinski definition) is 4. The van der Waals surface area contributed by atoms with Crippen molar-refractivity contribution in [2.45, 2.75) is 26.3 Å². The number of benzene rings is 1. The summed E-state index contributed by atoms with van der Waals surface area (Å²) in [5, 5.41) is 9.62. The van der Waals surface area contributed by atoms with Crippen molar-refractivity contribution in [1.82, 2.24) is 9.55 Å². The molecule has 4 rings (SSSR count). The molecule has 3 aromatic rings. The second kappa shape index (κ2) is 5.73. The molecule has 24 heavy (non-hydrogen) atoms. The maximum absolute atomic E-state index is 12.7. The Bertz CT molecular complexity index is 1060. The molecule has 0 spiro atoms. The largest absolute Gasteiger partial charge is 0.292 e. The molecule has 0 aliphatic carbocycles. The van der Waals surface area contributed by atoms with Crippen molar-refractivity contribution in [3.05, 3.63) is 62.5 Å². The molecule has 0 N–H and O–H groups in total. The molecule has 2 aromatic heterocycles. The van der Waals surface area contributed by atoms with Crippen LogP contribution in [0, 0.1) is 11.3 Å². The second-order valence-electron chi connectivity index (χ2n) is 5.83. The Morgan fingerprint density at radius 3 is 2.88 bits per heavy atom. The lowest BCUT2D eigenvalue weighted by Crippen LogP contribution is -2.19. The maximum Gasteiger partial charge on any atom is 0.262 e. The Kier molecular flexibility index (Phi) is 3.55. The third-order valence-corrected chi connectivity index (χ3v) is 5.50. The zero-order chi connectivity index (χ0) is 16.7. The van der Waals surface area contributed by atoms with Crippen molar-refractivity contribution in [3.63, 3.8) is 0 Å². The summed E-state index contributed by atoms with van der Waals surface area (Å²) >= 11 is 1.60. The van der Waals surface area contributed by atoms with E-state index in [1.54, 1.807) is 28.0 Å². The molecule has 0 amide bonds. The average molecular weight is 333 g/mol. The predicted molar refractivity (Wildman–Crippen MR) is 96.9 cm³/mol. The van der Waals surface area contributed by atoms with Crippen LogP contribution in [0.15, 0.2) is 35.1 Å². The maximum atomic E-state index is 12.7. The molecule has 1 aliphatic heterocycles. The van der Waals surface area contributed by atoms with Crippen molar-refractivity contribution in [2.24, 2.45) is 0 Å². The molecule has 0 fully saturated rings.